The summed E-state index contributed by atoms with van der Waals surface area (Å²) in [6.45, 7) is 0. The van der Waals surface area contributed by atoms with Crippen molar-refractivity contribution in [2.45, 2.75) is 25.1 Å². The van der Waals surface area contributed by atoms with Crippen molar-refractivity contribution in [3.8, 4) is 0 Å². The summed E-state index contributed by atoms with van der Waals surface area (Å²) in [6, 6.07) is 8.00. The Balaban J connectivity index is 2.09. The van der Waals surface area contributed by atoms with Crippen molar-refractivity contribution < 1.29 is 32.8 Å². The van der Waals surface area contributed by atoms with Crippen LogP contribution in [0.2, 0.25) is 0 Å². The molecule has 0 saturated heterocycles. The molecule has 7 nitrogen and oxygen atoms in total. The van der Waals surface area contributed by atoms with Crippen LogP contribution in [0.3, 0.4) is 0 Å². The fraction of sp³-hybridized carbons (Fsp3) is 0.222. The molecular weight excluding hydrogens is 381 g/mol. The Bertz CT molecular complexity index is 899. The highest BCUT2D eigenvalue weighted by atomic mass is 19.4. The zero-order valence-electron chi connectivity index (χ0n) is 14.3. The molecule has 28 heavy (non-hydrogen) atoms. The number of nitrogens with one attached hydrogen (secondary N) is 1. The van der Waals surface area contributed by atoms with E-state index in [0.717, 1.165) is 18.2 Å². The summed E-state index contributed by atoms with van der Waals surface area (Å²) >= 11 is 0. The smallest absolute Gasteiger partial charge is 0.416 e. The normalized spacial score (nSPS) is 12.2. The van der Waals surface area contributed by atoms with Crippen molar-refractivity contribution >= 4 is 17.6 Å². The highest BCUT2D eigenvalue weighted by molar-refractivity contribution is 5.85. The van der Waals surface area contributed by atoms with Crippen LogP contribution in [0, 0.1) is 10.1 Å². The van der Waals surface area contributed by atoms with Crippen molar-refractivity contribution in [2.24, 2.45) is 0 Å². The number of carbonyl (C=O) groups is 2. The van der Waals surface area contributed by atoms with E-state index in [0.29, 0.717) is 5.56 Å². The van der Waals surface area contributed by atoms with E-state index >= 15 is 0 Å². The standard InChI is InChI=1S/C18H15F3N2O5/c19-18(20,21)13-5-1-3-11(7-13)9-15(17(25)26)22-16(24)10-12-4-2-6-14(8-12)23(27)28/h1-8,15H,9-10H2,(H,22,24)(H,25,26)/t15-/m1/s1. The summed E-state index contributed by atoms with van der Waals surface area (Å²) in [5.41, 5.74) is -0.742. The Morgan fingerprint density at radius 2 is 1.75 bits per heavy atom. The molecule has 0 fully saturated rings. The molecule has 0 aliphatic heterocycles. The molecule has 2 rings (SSSR count). The van der Waals surface area contributed by atoms with Crippen LogP contribution in [0.25, 0.3) is 0 Å². The Labute approximate surface area is 156 Å². The SMILES string of the molecule is O=C(Cc1cccc([N+](=O)[O-])c1)N[C@H](Cc1cccc(C(F)(F)F)c1)C(=O)O. The first-order chi connectivity index (χ1) is 13.1. The van der Waals surface area contributed by atoms with Gasteiger partial charge in [-0.15, -0.1) is 0 Å². The maximum absolute atomic E-state index is 12.8. The molecule has 1 atom stereocenters. The Morgan fingerprint density at radius 1 is 1.11 bits per heavy atom. The molecular formula is C18H15F3N2O5. The minimum absolute atomic E-state index is 0.0953. The number of halogens is 3. The van der Waals surface area contributed by atoms with Gasteiger partial charge in [-0.2, -0.15) is 13.2 Å². The number of amides is 1. The number of nitro groups is 1. The molecule has 0 heterocycles. The van der Waals surface area contributed by atoms with Crippen molar-refractivity contribution in [3.05, 3.63) is 75.3 Å². The molecule has 10 heteroatoms. The number of non-ortho nitro benzene ring substituents is 1. The van der Waals surface area contributed by atoms with Gasteiger partial charge in [0.25, 0.3) is 5.69 Å². The number of aliphatic carboxylic acids is 1. The predicted octanol–water partition coefficient (Wildman–Crippen LogP) is 2.97. The van der Waals surface area contributed by atoms with Gasteiger partial charge in [0.1, 0.15) is 6.04 Å². The first-order valence-corrected chi connectivity index (χ1v) is 7.98. The molecule has 0 aliphatic carbocycles. The maximum atomic E-state index is 12.8. The zero-order chi connectivity index (χ0) is 20.9. The third-order valence-corrected chi connectivity index (χ3v) is 3.81. The van der Waals surface area contributed by atoms with E-state index in [2.05, 4.69) is 5.32 Å². The summed E-state index contributed by atoms with van der Waals surface area (Å²) in [5.74, 6) is -2.13. The zero-order valence-corrected chi connectivity index (χ0v) is 14.3. The van der Waals surface area contributed by atoms with Gasteiger partial charge in [0, 0.05) is 18.6 Å². The predicted molar refractivity (Wildman–Crippen MR) is 91.5 cm³/mol. The van der Waals surface area contributed by atoms with Gasteiger partial charge in [0.2, 0.25) is 5.91 Å². The number of carbonyl (C=O) groups excluding carboxylic acids is 1. The first-order valence-electron chi connectivity index (χ1n) is 7.98. The molecule has 2 N–H and O–H groups in total. The van der Waals surface area contributed by atoms with Crippen LogP contribution >= 0.6 is 0 Å². The van der Waals surface area contributed by atoms with E-state index in [-0.39, 0.29) is 24.1 Å². The molecule has 0 aromatic heterocycles. The summed E-state index contributed by atoms with van der Waals surface area (Å²) in [7, 11) is 0. The molecule has 0 bridgehead atoms. The molecule has 2 aromatic rings. The van der Waals surface area contributed by atoms with Gasteiger partial charge in [-0.05, 0) is 17.2 Å². The van der Waals surface area contributed by atoms with Gasteiger partial charge in [-0.1, -0.05) is 30.3 Å². The van der Waals surface area contributed by atoms with Crippen molar-refractivity contribution in [1.82, 2.24) is 5.32 Å². The van der Waals surface area contributed by atoms with Crippen LogP contribution in [0.1, 0.15) is 16.7 Å². The summed E-state index contributed by atoms with van der Waals surface area (Å²) in [4.78, 5) is 33.6. The van der Waals surface area contributed by atoms with Crippen molar-refractivity contribution in [2.75, 3.05) is 0 Å². The second kappa shape index (κ2) is 8.51. The second-order valence-electron chi connectivity index (χ2n) is 5.96. The quantitative estimate of drug-likeness (QED) is 0.552. The van der Waals surface area contributed by atoms with Crippen LogP contribution in [0.4, 0.5) is 18.9 Å². The molecule has 0 unspecified atom stereocenters. The number of rotatable bonds is 7. The lowest BCUT2D eigenvalue weighted by Crippen LogP contribution is -2.43. The number of carboxylic acid groups (broad SMARTS) is 1. The van der Waals surface area contributed by atoms with E-state index in [1.54, 1.807) is 0 Å². The molecule has 148 valence electrons. The van der Waals surface area contributed by atoms with E-state index < -0.39 is 34.6 Å². The molecule has 0 aliphatic rings. The highest BCUT2D eigenvalue weighted by Gasteiger charge is 2.31. The summed E-state index contributed by atoms with van der Waals surface area (Å²) in [5, 5.41) is 22.3. The number of benzene rings is 2. The van der Waals surface area contributed by atoms with Gasteiger partial charge < -0.3 is 10.4 Å². The number of nitrogens with zero attached hydrogens (tertiary/aromatic N) is 1. The second-order valence-corrected chi connectivity index (χ2v) is 5.96. The molecule has 0 radical (unpaired) electrons. The van der Waals surface area contributed by atoms with Gasteiger partial charge in [-0.3, -0.25) is 14.9 Å². The van der Waals surface area contributed by atoms with E-state index in [1.807, 2.05) is 0 Å². The monoisotopic (exact) mass is 396 g/mol. The van der Waals surface area contributed by atoms with Gasteiger partial charge >= 0.3 is 12.1 Å². The van der Waals surface area contributed by atoms with E-state index in [4.69, 9.17) is 0 Å². The topological polar surface area (TPSA) is 110 Å². The van der Waals surface area contributed by atoms with Crippen LogP contribution in [-0.4, -0.2) is 27.9 Å². The van der Waals surface area contributed by atoms with Crippen molar-refractivity contribution in [1.29, 1.82) is 0 Å². The number of nitro benzene ring substituents is 1. The minimum atomic E-state index is -4.57. The fourth-order valence-electron chi connectivity index (χ4n) is 2.52. The van der Waals surface area contributed by atoms with Crippen LogP contribution in [-0.2, 0) is 28.6 Å². The van der Waals surface area contributed by atoms with Crippen molar-refractivity contribution in [3.63, 3.8) is 0 Å². The van der Waals surface area contributed by atoms with E-state index in [1.165, 1.54) is 30.3 Å². The average molecular weight is 396 g/mol. The number of hydrogen-bond donors (Lipinski definition) is 2. The molecule has 0 spiro atoms. The fourth-order valence-corrected chi connectivity index (χ4v) is 2.52. The number of hydrogen-bond acceptors (Lipinski definition) is 4. The van der Waals surface area contributed by atoms with Gasteiger partial charge in [0.05, 0.1) is 16.9 Å². The van der Waals surface area contributed by atoms with E-state index in [9.17, 15) is 38.0 Å². The van der Waals surface area contributed by atoms with Gasteiger partial charge in [0.15, 0.2) is 0 Å². The summed E-state index contributed by atoms with van der Waals surface area (Å²) < 4.78 is 38.3. The Hall–Kier alpha value is -3.43. The number of alkyl halides is 3. The Morgan fingerprint density at radius 3 is 2.36 bits per heavy atom. The minimum Gasteiger partial charge on any atom is -0.480 e. The van der Waals surface area contributed by atoms with Crippen LogP contribution in [0.15, 0.2) is 48.5 Å². The molecule has 2 aromatic carbocycles. The summed E-state index contributed by atoms with van der Waals surface area (Å²) in [6.07, 6.45) is -5.23. The van der Waals surface area contributed by atoms with Crippen LogP contribution in [0.5, 0.6) is 0 Å². The largest absolute Gasteiger partial charge is 0.480 e. The maximum Gasteiger partial charge on any atom is 0.416 e. The third kappa shape index (κ3) is 5.79. The third-order valence-electron chi connectivity index (χ3n) is 3.81. The lowest BCUT2D eigenvalue weighted by atomic mass is 10.0. The lowest BCUT2D eigenvalue weighted by molar-refractivity contribution is -0.384. The molecule has 0 saturated carbocycles. The Kier molecular flexibility index (Phi) is 6.34. The average Bonchev–Trinajstić information content (AvgIpc) is 2.60. The lowest BCUT2D eigenvalue weighted by Gasteiger charge is -2.16. The number of carboxylic acids is 1. The first kappa shape index (κ1) is 20.9. The van der Waals surface area contributed by atoms with Crippen LogP contribution < -0.4 is 5.32 Å². The van der Waals surface area contributed by atoms with Gasteiger partial charge in [-0.25, -0.2) is 4.79 Å². The molecule has 1 amide bonds. The highest BCUT2D eigenvalue weighted by Crippen LogP contribution is 2.29.